The van der Waals surface area contributed by atoms with Gasteiger partial charge in [0.1, 0.15) is 5.82 Å². The number of nitrogens with zero attached hydrogens (tertiary/aromatic N) is 3. The molecule has 94 valence electrons. The fraction of sp³-hybridized carbons (Fsp3) is 0. The number of halogens is 1. The lowest BCUT2D eigenvalue weighted by Gasteiger charge is -2.03. The van der Waals surface area contributed by atoms with Crippen LogP contribution in [-0.4, -0.2) is 20.2 Å². The summed E-state index contributed by atoms with van der Waals surface area (Å²) in [7, 11) is 0. The Bertz CT molecular complexity index is 691. The van der Waals surface area contributed by atoms with Crippen LogP contribution in [0.2, 0.25) is 0 Å². The van der Waals surface area contributed by atoms with E-state index in [4.69, 9.17) is 5.73 Å². The monoisotopic (exact) mass is 255 g/mol. The zero-order valence-corrected chi connectivity index (χ0v) is 9.84. The lowest BCUT2D eigenvalue weighted by Crippen LogP contribution is -1.90. The SMILES string of the molecule is Nc1n[nH]c(-c2ccc(F)cn2)c1-c1ccncc1. The van der Waals surface area contributed by atoms with E-state index < -0.39 is 0 Å². The van der Waals surface area contributed by atoms with Gasteiger partial charge in [0.15, 0.2) is 5.82 Å². The first-order valence-corrected chi connectivity index (χ1v) is 5.62. The molecule has 3 aromatic heterocycles. The number of anilines is 1. The second-order valence-electron chi connectivity index (χ2n) is 3.96. The van der Waals surface area contributed by atoms with Gasteiger partial charge >= 0.3 is 0 Å². The third-order valence-electron chi connectivity index (χ3n) is 2.75. The first kappa shape index (κ1) is 11.3. The lowest BCUT2D eigenvalue weighted by atomic mass is 10.0. The molecule has 0 saturated heterocycles. The molecule has 3 aromatic rings. The van der Waals surface area contributed by atoms with Crippen molar-refractivity contribution in [3.63, 3.8) is 0 Å². The van der Waals surface area contributed by atoms with Crippen LogP contribution >= 0.6 is 0 Å². The predicted octanol–water partition coefficient (Wildman–Crippen LogP) is 2.25. The van der Waals surface area contributed by atoms with Gasteiger partial charge in [0, 0.05) is 12.4 Å². The van der Waals surface area contributed by atoms with Gasteiger partial charge in [-0.2, -0.15) is 5.10 Å². The molecule has 19 heavy (non-hydrogen) atoms. The molecule has 0 spiro atoms. The molecule has 0 aromatic carbocycles. The van der Waals surface area contributed by atoms with Gasteiger partial charge in [-0.3, -0.25) is 15.1 Å². The Hall–Kier alpha value is -2.76. The summed E-state index contributed by atoms with van der Waals surface area (Å²) in [5.74, 6) is -0.0194. The zero-order chi connectivity index (χ0) is 13.2. The van der Waals surface area contributed by atoms with E-state index in [1.165, 1.54) is 6.07 Å². The van der Waals surface area contributed by atoms with Gasteiger partial charge in [0.25, 0.3) is 0 Å². The van der Waals surface area contributed by atoms with E-state index in [-0.39, 0.29) is 5.82 Å². The molecule has 0 unspecified atom stereocenters. The molecule has 0 atom stereocenters. The van der Waals surface area contributed by atoms with Gasteiger partial charge in [-0.25, -0.2) is 4.39 Å². The second-order valence-corrected chi connectivity index (χ2v) is 3.96. The van der Waals surface area contributed by atoms with Crippen molar-refractivity contribution >= 4 is 5.82 Å². The minimum absolute atomic E-state index is 0.368. The number of nitrogens with one attached hydrogen (secondary N) is 1. The summed E-state index contributed by atoms with van der Waals surface area (Å²) in [6.45, 7) is 0. The molecule has 0 aliphatic heterocycles. The Morgan fingerprint density at radius 2 is 1.89 bits per heavy atom. The van der Waals surface area contributed by atoms with Crippen molar-refractivity contribution in [3.05, 3.63) is 48.7 Å². The second kappa shape index (κ2) is 4.49. The first-order chi connectivity index (χ1) is 9.25. The van der Waals surface area contributed by atoms with Crippen LogP contribution < -0.4 is 5.73 Å². The molecular formula is C13H10FN5. The van der Waals surface area contributed by atoms with Crippen molar-refractivity contribution < 1.29 is 4.39 Å². The molecule has 3 rings (SSSR count). The van der Waals surface area contributed by atoms with Crippen LogP contribution in [0.5, 0.6) is 0 Å². The standard InChI is InChI=1S/C13H10FN5/c14-9-1-2-10(17-7-9)12-11(13(15)19-18-12)8-3-5-16-6-4-8/h1-7H,(H3,15,18,19). The Kier molecular flexibility index (Phi) is 2.68. The minimum Gasteiger partial charge on any atom is -0.382 e. The molecule has 0 radical (unpaired) electrons. The molecule has 5 nitrogen and oxygen atoms in total. The maximum atomic E-state index is 12.9. The van der Waals surface area contributed by atoms with Crippen LogP contribution in [0.1, 0.15) is 0 Å². The molecule has 0 fully saturated rings. The van der Waals surface area contributed by atoms with E-state index in [1.807, 2.05) is 12.1 Å². The highest BCUT2D eigenvalue weighted by Crippen LogP contribution is 2.33. The summed E-state index contributed by atoms with van der Waals surface area (Å²) >= 11 is 0. The smallest absolute Gasteiger partial charge is 0.153 e. The molecule has 0 aliphatic rings. The highest BCUT2D eigenvalue weighted by Gasteiger charge is 2.15. The van der Waals surface area contributed by atoms with E-state index in [0.717, 1.165) is 17.3 Å². The highest BCUT2D eigenvalue weighted by molar-refractivity contribution is 5.86. The molecule has 0 saturated carbocycles. The van der Waals surface area contributed by atoms with Crippen molar-refractivity contribution in [3.8, 4) is 22.5 Å². The maximum Gasteiger partial charge on any atom is 0.153 e. The maximum absolute atomic E-state index is 12.9. The van der Waals surface area contributed by atoms with Crippen LogP contribution in [0, 0.1) is 5.82 Å². The quantitative estimate of drug-likeness (QED) is 0.736. The lowest BCUT2D eigenvalue weighted by molar-refractivity contribution is 0.622. The third-order valence-corrected chi connectivity index (χ3v) is 2.75. The van der Waals surface area contributed by atoms with E-state index in [9.17, 15) is 4.39 Å². The summed E-state index contributed by atoms with van der Waals surface area (Å²) in [6, 6.07) is 6.57. The summed E-state index contributed by atoms with van der Waals surface area (Å²) < 4.78 is 12.9. The molecule has 3 N–H and O–H groups in total. The highest BCUT2D eigenvalue weighted by atomic mass is 19.1. The number of H-pyrrole nitrogens is 1. The number of aromatic nitrogens is 4. The third kappa shape index (κ3) is 2.03. The van der Waals surface area contributed by atoms with Crippen molar-refractivity contribution in [1.82, 2.24) is 20.2 Å². The number of nitrogens with two attached hydrogens (primary N) is 1. The topological polar surface area (TPSA) is 80.5 Å². The average molecular weight is 255 g/mol. The average Bonchev–Trinajstić information content (AvgIpc) is 2.82. The Morgan fingerprint density at radius 1 is 1.11 bits per heavy atom. The van der Waals surface area contributed by atoms with E-state index in [2.05, 4.69) is 20.2 Å². The van der Waals surface area contributed by atoms with Gasteiger partial charge in [-0.1, -0.05) is 0 Å². The van der Waals surface area contributed by atoms with Crippen molar-refractivity contribution in [2.45, 2.75) is 0 Å². The van der Waals surface area contributed by atoms with Crippen molar-refractivity contribution in [2.75, 3.05) is 5.73 Å². The normalized spacial score (nSPS) is 10.6. The van der Waals surface area contributed by atoms with E-state index in [1.54, 1.807) is 18.5 Å². The number of rotatable bonds is 2. The van der Waals surface area contributed by atoms with Crippen LogP contribution in [0.3, 0.4) is 0 Å². The van der Waals surface area contributed by atoms with Gasteiger partial charge in [0.2, 0.25) is 0 Å². The number of nitrogen functional groups attached to an aromatic ring is 1. The predicted molar refractivity (Wildman–Crippen MR) is 69.4 cm³/mol. The Balaban J connectivity index is 2.16. The summed E-state index contributed by atoms with van der Waals surface area (Å²) in [6.07, 6.45) is 4.50. The Labute approximate surface area is 108 Å². The van der Waals surface area contributed by atoms with Gasteiger partial charge in [0.05, 0.1) is 23.1 Å². The molecular weight excluding hydrogens is 245 g/mol. The van der Waals surface area contributed by atoms with Crippen LogP contribution in [0.4, 0.5) is 10.2 Å². The summed E-state index contributed by atoms with van der Waals surface area (Å²) in [5, 5.41) is 6.82. The molecule has 0 bridgehead atoms. The van der Waals surface area contributed by atoms with Gasteiger partial charge < -0.3 is 5.73 Å². The van der Waals surface area contributed by atoms with E-state index in [0.29, 0.717) is 17.2 Å². The van der Waals surface area contributed by atoms with Crippen LogP contribution in [0.25, 0.3) is 22.5 Å². The fourth-order valence-corrected chi connectivity index (χ4v) is 1.88. The van der Waals surface area contributed by atoms with Gasteiger partial charge in [-0.15, -0.1) is 0 Å². The summed E-state index contributed by atoms with van der Waals surface area (Å²) in [4.78, 5) is 7.99. The largest absolute Gasteiger partial charge is 0.382 e. The molecule has 6 heteroatoms. The summed E-state index contributed by atoms with van der Waals surface area (Å²) in [5.41, 5.74) is 8.73. The van der Waals surface area contributed by atoms with E-state index >= 15 is 0 Å². The molecule has 0 aliphatic carbocycles. The fourth-order valence-electron chi connectivity index (χ4n) is 1.88. The van der Waals surface area contributed by atoms with Crippen molar-refractivity contribution in [1.29, 1.82) is 0 Å². The van der Waals surface area contributed by atoms with Crippen molar-refractivity contribution in [2.24, 2.45) is 0 Å². The first-order valence-electron chi connectivity index (χ1n) is 5.62. The number of aromatic amines is 1. The van der Waals surface area contributed by atoms with Crippen LogP contribution in [0.15, 0.2) is 42.9 Å². The molecule has 3 heterocycles. The van der Waals surface area contributed by atoms with Crippen LogP contribution in [-0.2, 0) is 0 Å². The van der Waals surface area contributed by atoms with Gasteiger partial charge in [-0.05, 0) is 29.8 Å². The molecule has 0 amide bonds. The zero-order valence-electron chi connectivity index (χ0n) is 9.84. The number of pyridine rings is 2. The Morgan fingerprint density at radius 3 is 2.58 bits per heavy atom. The number of hydrogen-bond acceptors (Lipinski definition) is 4. The minimum atomic E-state index is -0.387. The number of hydrogen-bond donors (Lipinski definition) is 2.